The molecule has 9 heteroatoms. The Labute approximate surface area is 138 Å². The van der Waals surface area contributed by atoms with Gasteiger partial charge in [-0.2, -0.15) is 0 Å². The van der Waals surface area contributed by atoms with Crippen molar-refractivity contribution >= 4 is 33.3 Å². The number of benzene rings is 1. The number of methoxy groups -OCH3 is 1. The molecule has 0 aliphatic carbocycles. The van der Waals surface area contributed by atoms with Crippen LogP contribution in [0, 0.1) is 0 Å². The lowest BCUT2D eigenvalue weighted by Gasteiger charge is -2.11. The highest BCUT2D eigenvalue weighted by atomic mass is 35.5. The number of sulfonamides is 1. The molecule has 7 nitrogen and oxygen atoms in total. The number of amides is 1. The number of pyridine rings is 1. The molecule has 23 heavy (non-hydrogen) atoms. The third-order valence-corrected chi connectivity index (χ3v) is 4.50. The van der Waals surface area contributed by atoms with E-state index in [1.807, 2.05) is 0 Å². The van der Waals surface area contributed by atoms with Crippen molar-refractivity contribution in [2.75, 3.05) is 18.9 Å². The second kappa shape index (κ2) is 6.84. The lowest BCUT2D eigenvalue weighted by atomic mass is 10.2. The van der Waals surface area contributed by atoms with Gasteiger partial charge in [-0.1, -0.05) is 11.6 Å². The number of hydrogen-bond donors (Lipinski definition) is 2. The molecule has 0 aliphatic heterocycles. The summed E-state index contributed by atoms with van der Waals surface area (Å²) >= 11 is 5.71. The van der Waals surface area contributed by atoms with Crippen LogP contribution in [-0.2, 0) is 10.0 Å². The van der Waals surface area contributed by atoms with Gasteiger partial charge in [0, 0.05) is 13.2 Å². The van der Waals surface area contributed by atoms with Crippen LogP contribution >= 0.6 is 11.6 Å². The number of carbonyl (C=O) groups is 1. The Morgan fingerprint density at radius 3 is 2.57 bits per heavy atom. The predicted octanol–water partition coefficient (Wildman–Crippen LogP) is 1.90. The Morgan fingerprint density at radius 2 is 2.00 bits per heavy atom. The Kier molecular flexibility index (Phi) is 5.07. The lowest BCUT2D eigenvalue weighted by Crippen LogP contribution is -2.20. The molecule has 0 saturated heterocycles. The van der Waals surface area contributed by atoms with Crippen LogP contribution in [0.1, 0.15) is 10.4 Å². The Balaban J connectivity index is 2.39. The van der Waals surface area contributed by atoms with E-state index in [0.717, 1.165) is 0 Å². The average molecular weight is 356 g/mol. The predicted molar refractivity (Wildman–Crippen MR) is 86.4 cm³/mol. The number of hydrogen-bond acceptors (Lipinski definition) is 5. The number of anilines is 1. The normalized spacial score (nSPS) is 10.9. The van der Waals surface area contributed by atoms with Crippen molar-refractivity contribution in [2.24, 2.45) is 0 Å². The molecule has 0 saturated carbocycles. The number of rotatable bonds is 5. The fourth-order valence-electron chi connectivity index (χ4n) is 1.80. The fourth-order valence-corrected chi connectivity index (χ4v) is 2.95. The zero-order valence-corrected chi connectivity index (χ0v) is 13.9. The number of nitrogens with zero attached hydrogens (tertiary/aromatic N) is 1. The van der Waals surface area contributed by atoms with Gasteiger partial charge in [-0.15, -0.1) is 0 Å². The monoisotopic (exact) mass is 355 g/mol. The number of nitrogens with one attached hydrogen (secondary N) is 2. The molecule has 0 radical (unpaired) electrons. The Morgan fingerprint density at radius 1 is 1.26 bits per heavy atom. The van der Waals surface area contributed by atoms with E-state index in [9.17, 15) is 13.2 Å². The molecule has 1 aromatic carbocycles. The Hall–Kier alpha value is -2.32. The molecule has 2 aromatic rings. The smallest absolute Gasteiger partial charge is 0.263 e. The molecule has 0 fully saturated rings. The van der Waals surface area contributed by atoms with Crippen molar-refractivity contribution < 1.29 is 17.9 Å². The quantitative estimate of drug-likeness (QED) is 0.853. The maximum absolute atomic E-state index is 12.4. The van der Waals surface area contributed by atoms with E-state index in [4.69, 9.17) is 16.3 Å². The highest BCUT2D eigenvalue weighted by Crippen LogP contribution is 2.24. The van der Waals surface area contributed by atoms with Crippen LogP contribution in [0.25, 0.3) is 0 Å². The summed E-state index contributed by atoms with van der Waals surface area (Å²) in [6.07, 6.45) is 1.32. The summed E-state index contributed by atoms with van der Waals surface area (Å²) in [4.78, 5) is 15.6. The van der Waals surface area contributed by atoms with Gasteiger partial charge in [-0.25, -0.2) is 13.4 Å². The highest BCUT2D eigenvalue weighted by molar-refractivity contribution is 7.92. The zero-order valence-electron chi connectivity index (χ0n) is 12.3. The molecule has 0 spiro atoms. The first-order chi connectivity index (χ1) is 10.9. The lowest BCUT2D eigenvalue weighted by molar-refractivity contribution is 0.0960. The van der Waals surface area contributed by atoms with Gasteiger partial charge in [0.15, 0.2) is 0 Å². The van der Waals surface area contributed by atoms with Crippen LogP contribution in [-0.4, -0.2) is 33.5 Å². The summed E-state index contributed by atoms with van der Waals surface area (Å²) in [6, 6.07) is 6.92. The van der Waals surface area contributed by atoms with Crippen LogP contribution in [0.3, 0.4) is 0 Å². The van der Waals surface area contributed by atoms with E-state index in [1.165, 1.54) is 50.7 Å². The first kappa shape index (κ1) is 17.0. The van der Waals surface area contributed by atoms with Crippen molar-refractivity contribution in [3.63, 3.8) is 0 Å². The molecule has 122 valence electrons. The molecule has 1 amide bonds. The van der Waals surface area contributed by atoms with E-state index >= 15 is 0 Å². The maximum Gasteiger partial charge on any atom is 0.263 e. The second-order valence-corrected chi connectivity index (χ2v) is 6.53. The van der Waals surface area contributed by atoms with Crippen LogP contribution in [0.15, 0.2) is 41.4 Å². The molecule has 1 aromatic heterocycles. The largest absolute Gasteiger partial charge is 0.496 e. The van der Waals surface area contributed by atoms with Gasteiger partial charge < -0.3 is 10.1 Å². The summed E-state index contributed by atoms with van der Waals surface area (Å²) in [5, 5.41) is 2.82. The summed E-state index contributed by atoms with van der Waals surface area (Å²) in [5.41, 5.74) is 0.113. The molecule has 0 atom stereocenters. The molecule has 0 unspecified atom stereocenters. The highest BCUT2D eigenvalue weighted by Gasteiger charge is 2.19. The topological polar surface area (TPSA) is 97.4 Å². The van der Waals surface area contributed by atoms with Gasteiger partial charge in [0.05, 0.1) is 22.6 Å². The van der Waals surface area contributed by atoms with Gasteiger partial charge in [-0.3, -0.25) is 9.52 Å². The SMILES string of the molecule is CNC(=O)c1cc(S(=O)(=O)Nc2ccc(Cl)cn2)ccc1OC. The van der Waals surface area contributed by atoms with E-state index in [-0.39, 0.29) is 22.0 Å². The van der Waals surface area contributed by atoms with Gasteiger partial charge >= 0.3 is 0 Å². The van der Waals surface area contributed by atoms with E-state index in [0.29, 0.717) is 5.02 Å². The molecule has 0 aliphatic rings. The molecule has 1 heterocycles. The van der Waals surface area contributed by atoms with Crippen molar-refractivity contribution in [3.05, 3.63) is 47.1 Å². The van der Waals surface area contributed by atoms with Crippen molar-refractivity contribution in [1.29, 1.82) is 0 Å². The summed E-state index contributed by atoms with van der Waals surface area (Å²) < 4.78 is 32.2. The Bertz CT molecular complexity index is 822. The zero-order chi connectivity index (χ0) is 17.0. The van der Waals surface area contributed by atoms with Gasteiger partial charge in [0.2, 0.25) is 0 Å². The molecule has 2 N–H and O–H groups in total. The second-order valence-electron chi connectivity index (χ2n) is 4.41. The minimum Gasteiger partial charge on any atom is -0.496 e. The van der Waals surface area contributed by atoms with Crippen molar-refractivity contribution in [3.8, 4) is 5.75 Å². The molecular formula is C14H14ClN3O4S. The number of halogens is 1. The standard InChI is InChI=1S/C14H14ClN3O4S/c1-16-14(19)11-7-10(4-5-12(11)22-2)23(20,21)18-13-6-3-9(15)8-17-13/h3-8H,1-2H3,(H,16,19)(H,17,18). The molecule has 0 bridgehead atoms. The van der Waals surface area contributed by atoms with E-state index < -0.39 is 15.9 Å². The average Bonchev–Trinajstić information content (AvgIpc) is 2.55. The number of ether oxygens (including phenoxy) is 1. The fraction of sp³-hybridized carbons (Fsp3) is 0.143. The van der Waals surface area contributed by atoms with Crippen LogP contribution in [0.4, 0.5) is 5.82 Å². The van der Waals surface area contributed by atoms with Crippen LogP contribution in [0.2, 0.25) is 5.02 Å². The van der Waals surface area contributed by atoms with Crippen LogP contribution < -0.4 is 14.8 Å². The van der Waals surface area contributed by atoms with Crippen molar-refractivity contribution in [2.45, 2.75) is 4.90 Å². The van der Waals surface area contributed by atoms with Crippen LogP contribution in [0.5, 0.6) is 5.75 Å². The van der Waals surface area contributed by atoms with Gasteiger partial charge in [0.1, 0.15) is 11.6 Å². The van der Waals surface area contributed by atoms with E-state index in [2.05, 4.69) is 15.0 Å². The van der Waals surface area contributed by atoms with Gasteiger partial charge in [-0.05, 0) is 30.3 Å². The first-order valence-electron chi connectivity index (χ1n) is 6.42. The van der Waals surface area contributed by atoms with Gasteiger partial charge in [0.25, 0.3) is 15.9 Å². The minimum atomic E-state index is -3.91. The van der Waals surface area contributed by atoms with E-state index in [1.54, 1.807) is 0 Å². The number of carbonyl (C=O) groups excluding carboxylic acids is 1. The minimum absolute atomic E-state index is 0.0892. The summed E-state index contributed by atoms with van der Waals surface area (Å²) in [7, 11) is -1.07. The van der Waals surface area contributed by atoms with Crippen molar-refractivity contribution in [1.82, 2.24) is 10.3 Å². The molecule has 2 rings (SSSR count). The third-order valence-electron chi connectivity index (χ3n) is 2.92. The first-order valence-corrected chi connectivity index (χ1v) is 8.28. The number of aromatic nitrogens is 1. The third kappa shape index (κ3) is 3.91. The summed E-state index contributed by atoms with van der Waals surface area (Å²) in [5.74, 6) is -0.0665. The maximum atomic E-state index is 12.4. The summed E-state index contributed by atoms with van der Waals surface area (Å²) in [6.45, 7) is 0. The molecular weight excluding hydrogens is 342 g/mol.